The molecule has 1 aliphatic rings. The molecule has 2 aromatic rings. The maximum Gasteiger partial charge on any atom is 0.120 e. The number of rotatable bonds is 6. The number of phenolic OH excluding ortho intramolecular Hbond substituents is 1. The Morgan fingerprint density at radius 1 is 1.04 bits per heavy atom. The maximum atomic E-state index is 10.1. The molecule has 1 unspecified atom stereocenters. The average molecular weight is 311 g/mol. The fourth-order valence-corrected chi connectivity index (χ4v) is 3.18. The van der Waals surface area contributed by atoms with Gasteiger partial charge in [0.1, 0.15) is 5.75 Å². The van der Waals surface area contributed by atoms with Crippen LogP contribution in [0.2, 0.25) is 0 Å². The van der Waals surface area contributed by atoms with Crippen LogP contribution in [0.3, 0.4) is 0 Å². The minimum atomic E-state index is 0.310. The predicted molar refractivity (Wildman–Crippen MR) is 92.4 cm³/mol. The molecule has 1 N–H and O–H groups in total. The molecular formula is C20H25NO2. The highest BCUT2D eigenvalue weighted by atomic mass is 16.5. The van der Waals surface area contributed by atoms with Gasteiger partial charge in [-0.05, 0) is 37.0 Å². The lowest BCUT2D eigenvalue weighted by Crippen LogP contribution is -2.31. The number of ether oxygens (including phenoxy) is 1. The Morgan fingerprint density at radius 3 is 2.43 bits per heavy atom. The average Bonchev–Trinajstić information content (AvgIpc) is 3.05. The molecule has 1 aliphatic heterocycles. The van der Waals surface area contributed by atoms with Gasteiger partial charge >= 0.3 is 0 Å². The van der Waals surface area contributed by atoms with Crippen molar-refractivity contribution in [3.63, 3.8) is 0 Å². The van der Waals surface area contributed by atoms with Crippen LogP contribution < -0.4 is 0 Å². The largest absolute Gasteiger partial charge is 0.508 e. The third-order valence-electron chi connectivity index (χ3n) is 4.53. The van der Waals surface area contributed by atoms with E-state index in [1.54, 1.807) is 6.07 Å². The monoisotopic (exact) mass is 311 g/mol. The third kappa shape index (κ3) is 4.34. The molecule has 0 amide bonds. The Kier molecular flexibility index (Phi) is 5.31. The summed E-state index contributed by atoms with van der Waals surface area (Å²) in [5.41, 5.74) is 3.61. The number of aryl methyl sites for hydroxylation is 1. The minimum absolute atomic E-state index is 0.310. The van der Waals surface area contributed by atoms with Gasteiger partial charge in [0, 0.05) is 31.8 Å². The zero-order valence-electron chi connectivity index (χ0n) is 13.7. The Balaban J connectivity index is 1.75. The molecule has 1 atom stereocenters. The van der Waals surface area contributed by atoms with Gasteiger partial charge in [-0.2, -0.15) is 0 Å². The van der Waals surface area contributed by atoms with Gasteiger partial charge in [0.15, 0.2) is 0 Å². The molecule has 3 heteroatoms. The molecule has 23 heavy (non-hydrogen) atoms. The van der Waals surface area contributed by atoms with Gasteiger partial charge in [-0.25, -0.2) is 0 Å². The highest BCUT2D eigenvalue weighted by Crippen LogP contribution is 2.22. The summed E-state index contributed by atoms with van der Waals surface area (Å²) in [6, 6.07) is 16.1. The number of nitrogens with zero attached hydrogens (tertiary/aromatic N) is 1. The molecule has 0 spiro atoms. The topological polar surface area (TPSA) is 32.7 Å². The molecule has 122 valence electrons. The lowest BCUT2D eigenvalue weighted by molar-refractivity contribution is 0.0675. The molecule has 3 rings (SSSR count). The second-order valence-electron chi connectivity index (χ2n) is 6.36. The lowest BCUT2D eigenvalue weighted by Gasteiger charge is -2.26. The van der Waals surface area contributed by atoms with E-state index in [1.807, 2.05) is 18.2 Å². The molecule has 3 nitrogen and oxygen atoms in total. The van der Waals surface area contributed by atoms with Gasteiger partial charge in [-0.3, -0.25) is 4.90 Å². The Labute approximate surface area is 138 Å². The summed E-state index contributed by atoms with van der Waals surface area (Å²) in [7, 11) is 0. The van der Waals surface area contributed by atoms with Gasteiger partial charge in [-0.1, -0.05) is 42.5 Å². The van der Waals surface area contributed by atoms with Crippen LogP contribution in [0.15, 0.2) is 48.5 Å². The smallest absolute Gasteiger partial charge is 0.120 e. The number of hydrogen-bond acceptors (Lipinski definition) is 3. The summed E-state index contributed by atoms with van der Waals surface area (Å²) in [6.45, 7) is 5.55. The second-order valence-corrected chi connectivity index (χ2v) is 6.36. The van der Waals surface area contributed by atoms with Gasteiger partial charge < -0.3 is 9.84 Å². The fraction of sp³-hybridized carbons (Fsp3) is 0.400. The predicted octanol–water partition coefficient (Wildman–Crippen LogP) is 3.88. The number of aromatic hydroxyl groups is 1. The number of benzene rings is 2. The molecule has 0 saturated carbocycles. The van der Waals surface area contributed by atoms with Crippen LogP contribution in [-0.2, 0) is 17.8 Å². The summed E-state index contributed by atoms with van der Waals surface area (Å²) in [5, 5.41) is 10.1. The minimum Gasteiger partial charge on any atom is -0.508 e. The van der Waals surface area contributed by atoms with E-state index in [4.69, 9.17) is 4.74 Å². The molecule has 1 saturated heterocycles. The first kappa shape index (κ1) is 16.0. The SMILES string of the molecule is Cc1ccccc1CN(Cc1ccccc1O)CC1CCCO1. The van der Waals surface area contributed by atoms with Crippen molar-refractivity contribution in [2.24, 2.45) is 0 Å². The van der Waals surface area contributed by atoms with E-state index in [2.05, 4.69) is 36.1 Å². The van der Waals surface area contributed by atoms with Crippen LogP contribution in [0.5, 0.6) is 5.75 Å². The van der Waals surface area contributed by atoms with E-state index in [1.165, 1.54) is 11.1 Å². The van der Waals surface area contributed by atoms with Crippen LogP contribution in [0.4, 0.5) is 0 Å². The normalized spacial score (nSPS) is 17.7. The summed E-state index contributed by atoms with van der Waals surface area (Å²) < 4.78 is 5.82. The molecular weight excluding hydrogens is 286 g/mol. The van der Waals surface area contributed by atoms with E-state index >= 15 is 0 Å². The fourth-order valence-electron chi connectivity index (χ4n) is 3.18. The van der Waals surface area contributed by atoms with E-state index < -0.39 is 0 Å². The summed E-state index contributed by atoms with van der Waals surface area (Å²) in [6.07, 6.45) is 2.59. The van der Waals surface area contributed by atoms with Crippen molar-refractivity contribution in [1.82, 2.24) is 4.90 Å². The van der Waals surface area contributed by atoms with Crippen LogP contribution in [-0.4, -0.2) is 29.3 Å². The Morgan fingerprint density at radius 2 is 1.74 bits per heavy atom. The van der Waals surface area contributed by atoms with Crippen molar-refractivity contribution in [2.45, 2.75) is 39.0 Å². The van der Waals surface area contributed by atoms with E-state index in [9.17, 15) is 5.11 Å². The maximum absolute atomic E-state index is 10.1. The van der Waals surface area contributed by atoms with Crippen molar-refractivity contribution in [3.8, 4) is 5.75 Å². The molecule has 1 heterocycles. The van der Waals surface area contributed by atoms with Crippen molar-refractivity contribution < 1.29 is 9.84 Å². The first-order chi connectivity index (χ1) is 11.2. The van der Waals surface area contributed by atoms with Crippen molar-refractivity contribution in [3.05, 3.63) is 65.2 Å². The molecule has 0 aliphatic carbocycles. The Bertz CT molecular complexity index is 588. The summed E-state index contributed by atoms with van der Waals surface area (Å²) in [4.78, 5) is 2.38. The highest BCUT2D eigenvalue weighted by molar-refractivity contribution is 5.32. The zero-order chi connectivity index (χ0) is 16.1. The first-order valence-electron chi connectivity index (χ1n) is 8.37. The van der Waals surface area contributed by atoms with Gasteiger partial charge in [-0.15, -0.1) is 0 Å². The van der Waals surface area contributed by atoms with Crippen LogP contribution >= 0.6 is 0 Å². The zero-order valence-corrected chi connectivity index (χ0v) is 13.7. The number of para-hydroxylation sites is 1. The van der Waals surface area contributed by atoms with Gasteiger partial charge in [0.25, 0.3) is 0 Å². The molecule has 2 aromatic carbocycles. The molecule has 0 bridgehead atoms. The van der Waals surface area contributed by atoms with Gasteiger partial charge in [0.2, 0.25) is 0 Å². The summed E-state index contributed by atoms with van der Waals surface area (Å²) >= 11 is 0. The van der Waals surface area contributed by atoms with E-state index in [-0.39, 0.29) is 0 Å². The Hall–Kier alpha value is -1.84. The van der Waals surface area contributed by atoms with E-state index in [0.29, 0.717) is 11.9 Å². The third-order valence-corrected chi connectivity index (χ3v) is 4.53. The number of hydrogen-bond donors (Lipinski definition) is 1. The summed E-state index contributed by atoms with van der Waals surface area (Å²) in [5.74, 6) is 0.370. The van der Waals surface area contributed by atoms with Crippen LogP contribution in [0.25, 0.3) is 0 Å². The quantitative estimate of drug-likeness (QED) is 0.878. The first-order valence-corrected chi connectivity index (χ1v) is 8.37. The van der Waals surface area contributed by atoms with Crippen LogP contribution in [0.1, 0.15) is 29.5 Å². The lowest BCUT2D eigenvalue weighted by atomic mass is 10.1. The molecule has 1 fully saturated rings. The molecule has 0 radical (unpaired) electrons. The van der Waals surface area contributed by atoms with Gasteiger partial charge in [0.05, 0.1) is 6.10 Å². The standard InChI is InChI=1S/C20H25NO2/c1-16-7-2-3-8-17(16)13-21(15-19-10-6-12-23-19)14-18-9-4-5-11-20(18)22/h2-5,7-9,11,19,22H,6,10,12-15H2,1H3. The van der Waals surface area contributed by atoms with Crippen LogP contribution in [0, 0.1) is 6.92 Å². The highest BCUT2D eigenvalue weighted by Gasteiger charge is 2.20. The van der Waals surface area contributed by atoms with Crippen molar-refractivity contribution in [2.75, 3.05) is 13.2 Å². The number of phenols is 1. The molecule has 0 aromatic heterocycles. The van der Waals surface area contributed by atoms with Crippen molar-refractivity contribution in [1.29, 1.82) is 0 Å². The van der Waals surface area contributed by atoms with E-state index in [0.717, 1.165) is 44.6 Å². The second kappa shape index (κ2) is 7.62. The van der Waals surface area contributed by atoms with Crippen molar-refractivity contribution >= 4 is 0 Å².